The minimum atomic E-state index is 0.306. The van der Waals surface area contributed by atoms with E-state index in [0.717, 1.165) is 5.69 Å². The van der Waals surface area contributed by atoms with E-state index in [1.807, 2.05) is 24.3 Å². The number of nitrogens with zero attached hydrogens (tertiary/aromatic N) is 1. The first kappa shape index (κ1) is 8.05. The molecule has 0 bridgehead atoms. The topological polar surface area (TPSA) is 26.0 Å². The largest absolute Gasteiger partial charge is 0.364 e. The van der Waals surface area contributed by atoms with Gasteiger partial charge in [-0.2, -0.15) is 0 Å². The summed E-state index contributed by atoms with van der Waals surface area (Å²) in [7, 11) is 0. The smallest absolute Gasteiger partial charge is 0.124 e. The summed E-state index contributed by atoms with van der Waals surface area (Å²) in [6, 6.07) is 12.2. The van der Waals surface area contributed by atoms with Crippen LogP contribution in [0.4, 0.5) is 0 Å². The van der Waals surface area contributed by atoms with Crippen LogP contribution in [0.2, 0.25) is 0 Å². The van der Waals surface area contributed by atoms with Crippen LogP contribution in [0, 0.1) is 0 Å². The summed E-state index contributed by atoms with van der Waals surface area (Å²) in [5.74, 6) is 0.306. The van der Waals surface area contributed by atoms with Crippen LogP contribution >= 0.6 is 0 Å². The number of rotatable bonds is 2. The maximum absolute atomic E-state index is 4.81. The molecule has 0 aliphatic carbocycles. The van der Waals surface area contributed by atoms with Gasteiger partial charge in [0.05, 0.1) is 5.69 Å². The van der Waals surface area contributed by atoms with Gasteiger partial charge in [-0.1, -0.05) is 42.4 Å². The lowest BCUT2D eigenvalue weighted by molar-refractivity contribution is 0.409. The van der Waals surface area contributed by atoms with Gasteiger partial charge >= 0.3 is 0 Å². The van der Waals surface area contributed by atoms with Gasteiger partial charge in [0.15, 0.2) is 0 Å². The molecule has 2 aromatic rings. The monoisotopic (exact) mass is 173 g/mol. The Kier molecular flexibility index (Phi) is 2.13. The van der Waals surface area contributed by atoms with Crippen LogP contribution in [-0.4, -0.2) is 5.16 Å². The third-order valence-corrected chi connectivity index (χ3v) is 2.20. The average molecular weight is 173 g/mol. The van der Waals surface area contributed by atoms with Crippen LogP contribution in [0.3, 0.4) is 0 Å². The maximum atomic E-state index is 4.81. The van der Waals surface area contributed by atoms with Crippen molar-refractivity contribution in [1.82, 2.24) is 5.16 Å². The van der Waals surface area contributed by atoms with Crippen molar-refractivity contribution in [2.75, 3.05) is 0 Å². The summed E-state index contributed by atoms with van der Waals surface area (Å²) >= 11 is 0. The zero-order valence-corrected chi connectivity index (χ0v) is 7.47. The molecule has 66 valence electrons. The molecule has 1 aromatic heterocycles. The van der Waals surface area contributed by atoms with Crippen LogP contribution in [-0.2, 0) is 0 Å². The van der Waals surface area contributed by atoms with E-state index in [9.17, 15) is 0 Å². The van der Waals surface area contributed by atoms with Crippen molar-refractivity contribution >= 4 is 0 Å². The molecular weight excluding hydrogens is 162 g/mol. The molecule has 0 amide bonds. The number of hydrogen-bond acceptors (Lipinski definition) is 2. The molecule has 1 heterocycles. The number of benzene rings is 1. The fourth-order valence-electron chi connectivity index (χ4n) is 1.36. The van der Waals surface area contributed by atoms with E-state index in [1.54, 1.807) is 6.26 Å². The van der Waals surface area contributed by atoms with Gasteiger partial charge in [-0.3, -0.25) is 0 Å². The number of hydrogen-bond donors (Lipinski definition) is 0. The molecule has 0 aliphatic rings. The van der Waals surface area contributed by atoms with Crippen molar-refractivity contribution in [3.8, 4) is 0 Å². The van der Waals surface area contributed by atoms with E-state index in [0.29, 0.717) is 5.92 Å². The molecule has 0 spiro atoms. The van der Waals surface area contributed by atoms with Gasteiger partial charge in [-0.15, -0.1) is 0 Å². The summed E-state index contributed by atoms with van der Waals surface area (Å²) in [6.07, 6.45) is 1.61. The predicted octanol–water partition coefficient (Wildman–Crippen LogP) is 2.83. The first-order valence-electron chi connectivity index (χ1n) is 4.33. The van der Waals surface area contributed by atoms with E-state index in [-0.39, 0.29) is 0 Å². The molecule has 0 aliphatic heterocycles. The minimum Gasteiger partial charge on any atom is -0.364 e. The van der Waals surface area contributed by atoms with Gasteiger partial charge < -0.3 is 4.52 Å². The fraction of sp³-hybridized carbons (Fsp3) is 0.182. The van der Waals surface area contributed by atoms with E-state index < -0.39 is 0 Å². The third kappa shape index (κ3) is 1.61. The minimum absolute atomic E-state index is 0.306. The average Bonchev–Trinajstić information content (AvgIpc) is 2.71. The third-order valence-electron chi connectivity index (χ3n) is 2.20. The zero-order valence-electron chi connectivity index (χ0n) is 7.47. The molecule has 2 nitrogen and oxygen atoms in total. The Morgan fingerprint density at radius 3 is 2.54 bits per heavy atom. The highest BCUT2D eigenvalue weighted by Crippen LogP contribution is 2.21. The normalized spacial score (nSPS) is 12.7. The Balaban J connectivity index is 2.29. The van der Waals surface area contributed by atoms with Crippen molar-refractivity contribution in [3.63, 3.8) is 0 Å². The van der Waals surface area contributed by atoms with Crippen LogP contribution in [0.15, 0.2) is 47.2 Å². The highest BCUT2D eigenvalue weighted by molar-refractivity contribution is 5.26. The molecule has 1 atom stereocenters. The molecule has 0 radical (unpaired) electrons. The van der Waals surface area contributed by atoms with Gasteiger partial charge in [0.1, 0.15) is 6.26 Å². The molecule has 13 heavy (non-hydrogen) atoms. The van der Waals surface area contributed by atoms with Crippen molar-refractivity contribution < 1.29 is 4.52 Å². The molecule has 1 aromatic carbocycles. The lowest BCUT2D eigenvalue weighted by atomic mass is 9.98. The quantitative estimate of drug-likeness (QED) is 0.698. The first-order valence-corrected chi connectivity index (χ1v) is 4.33. The molecule has 2 rings (SSSR count). The summed E-state index contributed by atoms with van der Waals surface area (Å²) in [5, 5.41) is 3.92. The van der Waals surface area contributed by atoms with E-state index in [4.69, 9.17) is 4.52 Å². The highest BCUT2D eigenvalue weighted by atomic mass is 16.5. The molecule has 0 fully saturated rings. The predicted molar refractivity (Wildman–Crippen MR) is 50.5 cm³/mol. The van der Waals surface area contributed by atoms with Gasteiger partial charge in [-0.05, 0) is 5.56 Å². The van der Waals surface area contributed by atoms with E-state index >= 15 is 0 Å². The summed E-state index contributed by atoms with van der Waals surface area (Å²) in [4.78, 5) is 0. The summed E-state index contributed by atoms with van der Waals surface area (Å²) in [5.41, 5.74) is 2.24. The Bertz CT molecular complexity index is 353. The van der Waals surface area contributed by atoms with Gasteiger partial charge in [-0.25, -0.2) is 0 Å². The molecule has 2 heteroatoms. The molecule has 0 unspecified atom stereocenters. The Labute approximate surface area is 77.2 Å². The van der Waals surface area contributed by atoms with Crippen LogP contribution in [0.1, 0.15) is 24.1 Å². The molecule has 0 saturated carbocycles. The second-order valence-electron chi connectivity index (χ2n) is 3.06. The van der Waals surface area contributed by atoms with Gasteiger partial charge in [0.2, 0.25) is 0 Å². The zero-order chi connectivity index (χ0) is 9.10. The Hall–Kier alpha value is -1.57. The van der Waals surface area contributed by atoms with E-state index in [2.05, 4.69) is 24.2 Å². The number of aromatic nitrogens is 1. The van der Waals surface area contributed by atoms with Crippen molar-refractivity contribution in [1.29, 1.82) is 0 Å². The second kappa shape index (κ2) is 3.44. The lowest BCUT2D eigenvalue weighted by Crippen LogP contribution is -1.95. The molecular formula is C11H11NO. The van der Waals surface area contributed by atoms with Crippen LogP contribution < -0.4 is 0 Å². The van der Waals surface area contributed by atoms with Crippen LogP contribution in [0.25, 0.3) is 0 Å². The summed E-state index contributed by atoms with van der Waals surface area (Å²) in [6.45, 7) is 2.12. The van der Waals surface area contributed by atoms with Gasteiger partial charge in [0.25, 0.3) is 0 Å². The molecule has 0 N–H and O–H groups in total. The maximum Gasteiger partial charge on any atom is 0.124 e. The van der Waals surface area contributed by atoms with Gasteiger partial charge in [0, 0.05) is 12.0 Å². The Morgan fingerprint density at radius 1 is 1.15 bits per heavy atom. The SMILES string of the molecule is C[C@H](c1ccccc1)c1ccon1. The fourth-order valence-corrected chi connectivity index (χ4v) is 1.36. The first-order chi connectivity index (χ1) is 6.38. The van der Waals surface area contributed by atoms with E-state index in [1.165, 1.54) is 5.56 Å². The van der Waals surface area contributed by atoms with Crippen molar-refractivity contribution in [2.24, 2.45) is 0 Å². The Morgan fingerprint density at radius 2 is 1.92 bits per heavy atom. The van der Waals surface area contributed by atoms with Crippen molar-refractivity contribution in [3.05, 3.63) is 53.9 Å². The summed E-state index contributed by atoms with van der Waals surface area (Å²) < 4.78 is 4.81. The van der Waals surface area contributed by atoms with Crippen molar-refractivity contribution in [2.45, 2.75) is 12.8 Å². The van der Waals surface area contributed by atoms with Crippen LogP contribution in [0.5, 0.6) is 0 Å². The standard InChI is InChI=1S/C11H11NO/c1-9(11-7-8-13-12-11)10-5-3-2-4-6-10/h2-9H,1H3/t9-/m1/s1. The highest BCUT2D eigenvalue weighted by Gasteiger charge is 2.09. The lowest BCUT2D eigenvalue weighted by Gasteiger charge is -2.06. The molecule has 0 saturated heterocycles. The second-order valence-corrected chi connectivity index (χ2v) is 3.06.